The number of hydrogen-bond acceptors (Lipinski definition) is 9. The predicted molar refractivity (Wildman–Crippen MR) is 96.9 cm³/mol. The first kappa shape index (κ1) is 21.0. The van der Waals surface area contributed by atoms with Crippen LogP contribution >= 0.6 is 0 Å². The number of esters is 2. The molecule has 9 nitrogen and oxygen atoms in total. The average molecular weight is 410 g/mol. The largest absolute Gasteiger partial charge is 0.508 e. The van der Waals surface area contributed by atoms with E-state index < -0.39 is 44.8 Å². The number of methoxy groups -OCH3 is 2. The third-order valence-corrected chi connectivity index (χ3v) is 5.26. The van der Waals surface area contributed by atoms with Gasteiger partial charge in [0, 0.05) is 5.56 Å². The number of hydrogen-bond donors (Lipinski definition) is 3. The van der Waals surface area contributed by atoms with Crippen molar-refractivity contribution in [2.24, 2.45) is 0 Å². The van der Waals surface area contributed by atoms with E-state index in [4.69, 9.17) is 0 Å². The summed E-state index contributed by atoms with van der Waals surface area (Å²) in [6.07, 6.45) is 0. The van der Waals surface area contributed by atoms with Gasteiger partial charge in [0.15, 0.2) is 9.84 Å². The quantitative estimate of drug-likeness (QED) is 0.476. The van der Waals surface area contributed by atoms with Crippen molar-refractivity contribution in [3.8, 4) is 17.2 Å². The van der Waals surface area contributed by atoms with Crippen LogP contribution in [0.25, 0.3) is 0 Å². The highest BCUT2D eigenvalue weighted by Crippen LogP contribution is 2.31. The summed E-state index contributed by atoms with van der Waals surface area (Å²) >= 11 is 0. The van der Waals surface area contributed by atoms with Gasteiger partial charge in [0.2, 0.25) is 0 Å². The predicted octanol–water partition coefficient (Wildman–Crippen LogP) is 1.49. The Balaban J connectivity index is 2.35. The lowest BCUT2D eigenvalue weighted by Gasteiger charge is -2.11. The van der Waals surface area contributed by atoms with Crippen molar-refractivity contribution in [2.45, 2.75) is 11.5 Å². The second-order valence-electron chi connectivity index (χ2n) is 5.90. The molecule has 0 aromatic heterocycles. The molecule has 10 heteroatoms. The number of phenols is 3. The molecule has 0 atom stereocenters. The molecule has 28 heavy (non-hydrogen) atoms. The number of carbonyl (C=O) groups excluding carboxylic acids is 2. The minimum atomic E-state index is -3.93. The lowest BCUT2D eigenvalue weighted by Crippen LogP contribution is -2.10. The van der Waals surface area contributed by atoms with Crippen molar-refractivity contribution in [1.82, 2.24) is 0 Å². The summed E-state index contributed by atoms with van der Waals surface area (Å²) in [5, 5.41) is 29.6. The summed E-state index contributed by atoms with van der Waals surface area (Å²) in [5.74, 6) is -4.34. The molecule has 0 unspecified atom stereocenters. The Hall–Kier alpha value is -3.27. The number of phenolic OH excluding ortho intramolecular Hbond substituents is 3. The van der Waals surface area contributed by atoms with Gasteiger partial charge in [-0.25, -0.2) is 18.0 Å². The summed E-state index contributed by atoms with van der Waals surface area (Å²) in [4.78, 5) is 23.2. The fourth-order valence-electron chi connectivity index (χ4n) is 2.59. The minimum Gasteiger partial charge on any atom is -0.508 e. The van der Waals surface area contributed by atoms with E-state index >= 15 is 0 Å². The van der Waals surface area contributed by atoms with Crippen molar-refractivity contribution >= 4 is 21.8 Å². The van der Waals surface area contributed by atoms with Crippen LogP contribution in [0.4, 0.5) is 0 Å². The third kappa shape index (κ3) is 4.92. The lowest BCUT2D eigenvalue weighted by atomic mass is 10.1. The zero-order chi connectivity index (χ0) is 21.1. The van der Waals surface area contributed by atoms with Gasteiger partial charge in [0.05, 0.1) is 31.3 Å². The SMILES string of the molecule is COC(=O)c1cc(O)cc(CS(=O)(=O)Cc2cc(O)cc(C(=O)OC)c2O)c1. The van der Waals surface area contributed by atoms with Crippen molar-refractivity contribution in [3.05, 3.63) is 52.6 Å². The van der Waals surface area contributed by atoms with E-state index in [1.165, 1.54) is 12.1 Å². The monoisotopic (exact) mass is 410 g/mol. The molecule has 3 N–H and O–H groups in total. The maximum absolute atomic E-state index is 12.5. The van der Waals surface area contributed by atoms with Gasteiger partial charge in [-0.05, 0) is 35.9 Å². The molecule has 0 saturated carbocycles. The summed E-state index contributed by atoms with van der Waals surface area (Å²) in [6, 6.07) is 5.53. The zero-order valence-electron chi connectivity index (χ0n) is 15.0. The highest BCUT2D eigenvalue weighted by molar-refractivity contribution is 7.89. The third-order valence-electron chi connectivity index (χ3n) is 3.74. The van der Waals surface area contributed by atoms with Gasteiger partial charge in [-0.2, -0.15) is 0 Å². The topological polar surface area (TPSA) is 147 Å². The van der Waals surface area contributed by atoms with Crippen LogP contribution in [0.3, 0.4) is 0 Å². The fraction of sp³-hybridized carbons (Fsp3) is 0.222. The number of carbonyl (C=O) groups is 2. The standard InChI is InChI=1S/C18H18O9S/c1-26-17(22)11-3-10(4-13(19)5-11)8-28(24,25)9-12-6-14(20)7-15(16(12)21)18(23)27-2/h3-7,19-21H,8-9H2,1-2H3. The van der Waals surface area contributed by atoms with Crippen LogP contribution in [-0.2, 0) is 30.8 Å². The molecule has 0 aliphatic carbocycles. The molecule has 0 heterocycles. The molecule has 150 valence electrons. The van der Waals surface area contributed by atoms with Crippen LogP contribution in [-0.4, -0.2) is 49.9 Å². The van der Waals surface area contributed by atoms with Gasteiger partial charge in [0.1, 0.15) is 22.8 Å². The highest BCUT2D eigenvalue weighted by atomic mass is 32.2. The summed E-state index contributed by atoms with van der Waals surface area (Å²) in [5.41, 5.74) is -0.485. The van der Waals surface area contributed by atoms with Crippen LogP contribution < -0.4 is 0 Å². The zero-order valence-corrected chi connectivity index (χ0v) is 15.8. The first-order valence-corrected chi connectivity index (χ1v) is 9.63. The van der Waals surface area contributed by atoms with Gasteiger partial charge >= 0.3 is 11.9 Å². The Labute approximate surface area is 160 Å². The Morgan fingerprint density at radius 2 is 1.46 bits per heavy atom. The first-order valence-electron chi connectivity index (χ1n) is 7.81. The van der Waals surface area contributed by atoms with Gasteiger partial charge in [-0.15, -0.1) is 0 Å². The van der Waals surface area contributed by atoms with Gasteiger partial charge in [-0.3, -0.25) is 0 Å². The summed E-state index contributed by atoms with van der Waals surface area (Å²) in [6.45, 7) is 0. The number of rotatable bonds is 6. The smallest absolute Gasteiger partial charge is 0.341 e. The van der Waals surface area contributed by atoms with Gasteiger partial charge in [0.25, 0.3) is 0 Å². The lowest BCUT2D eigenvalue weighted by molar-refractivity contribution is 0.0589. The minimum absolute atomic E-state index is 0.0270. The second kappa shape index (κ2) is 8.17. The van der Waals surface area contributed by atoms with Crippen LogP contribution in [0.15, 0.2) is 30.3 Å². The average Bonchev–Trinajstić information content (AvgIpc) is 2.61. The molecule has 2 aromatic rings. The first-order chi connectivity index (χ1) is 13.1. The number of benzene rings is 2. The molecule has 0 aliphatic heterocycles. The van der Waals surface area contributed by atoms with E-state index in [0.717, 1.165) is 32.4 Å². The summed E-state index contributed by atoms with van der Waals surface area (Å²) < 4.78 is 34.1. The molecule has 0 saturated heterocycles. The molecular weight excluding hydrogens is 392 g/mol. The normalized spacial score (nSPS) is 11.1. The van der Waals surface area contributed by atoms with Crippen molar-refractivity contribution in [1.29, 1.82) is 0 Å². The Morgan fingerprint density at radius 1 is 0.857 bits per heavy atom. The van der Waals surface area contributed by atoms with Gasteiger partial charge in [-0.1, -0.05) is 0 Å². The van der Waals surface area contributed by atoms with Crippen molar-refractivity contribution in [3.63, 3.8) is 0 Å². The van der Waals surface area contributed by atoms with Crippen LogP contribution in [0.2, 0.25) is 0 Å². The molecule has 0 spiro atoms. The van der Waals surface area contributed by atoms with E-state index in [-0.39, 0.29) is 28.0 Å². The Morgan fingerprint density at radius 3 is 2.07 bits per heavy atom. The number of aromatic hydroxyl groups is 3. The molecule has 0 fully saturated rings. The second-order valence-corrected chi connectivity index (χ2v) is 7.97. The van der Waals surface area contributed by atoms with Crippen molar-refractivity contribution < 1.29 is 42.8 Å². The van der Waals surface area contributed by atoms with E-state index in [1.54, 1.807) is 0 Å². The van der Waals surface area contributed by atoms with E-state index in [9.17, 15) is 33.3 Å². The molecule has 2 aromatic carbocycles. The molecular formula is C18H18O9S. The molecule has 2 rings (SSSR count). The highest BCUT2D eigenvalue weighted by Gasteiger charge is 2.22. The molecule has 0 amide bonds. The van der Waals surface area contributed by atoms with E-state index in [1.807, 2.05) is 0 Å². The van der Waals surface area contributed by atoms with Crippen LogP contribution in [0.5, 0.6) is 17.2 Å². The molecule has 0 aliphatic rings. The number of sulfone groups is 1. The molecule has 0 radical (unpaired) electrons. The van der Waals surface area contributed by atoms with E-state index in [0.29, 0.717) is 0 Å². The fourth-order valence-corrected chi connectivity index (χ4v) is 4.06. The maximum atomic E-state index is 12.5. The Kier molecular flexibility index (Phi) is 6.14. The van der Waals surface area contributed by atoms with Crippen LogP contribution in [0, 0.1) is 0 Å². The van der Waals surface area contributed by atoms with E-state index in [2.05, 4.69) is 9.47 Å². The number of ether oxygens (including phenoxy) is 2. The van der Waals surface area contributed by atoms with Crippen LogP contribution in [0.1, 0.15) is 31.8 Å². The van der Waals surface area contributed by atoms with Crippen molar-refractivity contribution in [2.75, 3.05) is 14.2 Å². The molecule has 0 bridgehead atoms. The Bertz CT molecular complexity index is 1030. The van der Waals surface area contributed by atoms with Gasteiger partial charge < -0.3 is 24.8 Å². The maximum Gasteiger partial charge on any atom is 0.341 e. The summed E-state index contributed by atoms with van der Waals surface area (Å²) in [7, 11) is -1.71.